The summed E-state index contributed by atoms with van der Waals surface area (Å²) in [6, 6.07) is 15.0. The van der Waals surface area contributed by atoms with Crippen molar-refractivity contribution in [2.45, 2.75) is 70.6 Å². The van der Waals surface area contributed by atoms with Crippen LogP contribution in [0.5, 0.6) is 0 Å². The van der Waals surface area contributed by atoms with Gasteiger partial charge in [0.15, 0.2) is 0 Å². The molecule has 5 rings (SSSR count). The Bertz CT molecular complexity index is 1080. The van der Waals surface area contributed by atoms with E-state index in [4.69, 9.17) is 0 Å². The molecule has 200 valence electrons. The van der Waals surface area contributed by atoms with Gasteiger partial charge in [0.25, 0.3) is 0 Å². The molecular weight excluding hydrogens is 485 g/mol. The number of aromatic carboxylic acids is 1. The lowest BCUT2D eigenvalue weighted by molar-refractivity contribution is 0.0696. The molecule has 3 nitrogen and oxygen atoms in total. The van der Waals surface area contributed by atoms with E-state index < -0.39 is 5.97 Å². The molecule has 0 atom stereocenters. The van der Waals surface area contributed by atoms with Crippen molar-refractivity contribution in [2.75, 3.05) is 26.3 Å². The highest BCUT2D eigenvalue weighted by Crippen LogP contribution is 2.42. The van der Waals surface area contributed by atoms with Gasteiger partial charge < -0.3 is 10.0 Å². The van der Waals surface area contributed by atoms with Gasteiger partial charge >= 0.3 is 5.97 Å². The lowest BCUT2D eigenvalue weighted by Gasteiger charge is -2.39. The van der Waals surface area contributed by atoms with Gasteiger partial charge in [-0.25, -0.2) is 4.79 Å². The summed E-state index contributed by atoms with van der Waals surface area (Å²) in [4.78, 5) is 14.0. The highest BCUT2D eigenvalue weighted by molar-refractivity contribution is 5.90. The molecule has 1 heterocycles. The molecule has 1 N–H and O–H groups in total. The second-order valence-electron chi connectivity index (χ2n) is 11.2. The number of nitrogens with zero attached hydrogens (tertiary/aromatic N) is 1. The van der Waals surface area contributed by atoms with Crippen LogP contribution in [0.15, 0.2) is 48.0 Å². The molecule has 0 radical (unpaired) electrons. The van der Waals surface area contributed by atoms with E-state index in [1.165, 1.54) is 66.4 Å². The van der Waals surface area contributed by atoms with Crippen LogP contribution >= 0.6 is 12.4 Å². The standard InChI is InChI=1S/C32H40FNO2.ClH/c33-17-6-18-34-21-24(22-34)19-23-11-13-26(14-12-23)31-29(25-7-3-1-2-4-8-25)10-5-9-27-20-28(32(35)36)15-16-30(27)31;/h11-16,20,24-25H,1-10,17-19,21-22H2,(H,35,36);1H. The Balaban J connectivity index is 0.00000320. The number of carbonyl (C=O) groups is 1. The maximum absolute atomic E-state index is 12.4. The van der Waals surface area contributed by atoms with E-state index in [1.54, 1.807) is 11.6 Å². The SMILES string of the molecule is Cl.O=C(O)c1ccc2c(c1)CCCC(C1CCCCCC1)=C2c1ccc(CC2CN(CCCF)C2)cc1. The van der Waals surface area contributed by atoms with Crippen molar-refractivity contribution in [1.29, 1.82) is 0 Å². The number of hydrogen-bond acceptors (Lipinski definition) is 2. The van der Waals surface area contributed by atoms with Crippen molar-refractivity contribution < 1.29 is 14.3 Å². The number of fused-ring (bicyclic) bond motifs is 1. The fourth-order valence-corrected chi connectivity index (χ4v) is 6.73. The second-order valence-corrected chi connectivity index (χ2v) is 11.2. The molecule has 1 aliphatic heterocycles. The molecule has 0 amide bonds. The van der Waals surface area contributed by atoms with Gasteiger partial charge in [-0.3, -0.25) is 4.39 Å². The molecule has 5 heteroatoms. The minimum atomic E-state index is -0.847. The van der Waals surface area contributed by atoms with Crippen molar-refractivity contribution in [1.82, 2.24) is 4.90 Å². The zero-order valence-corrected chi connectivity index (χ0v) is 22.7. The largest absolute Gasteiger partial charge is 0.478 e. The lowest BCUT2D eigenvalue weighted by Crippen LogP contribution is -2.47. The summed E-state index contributed by atoms with van der Waals surface area (Å²) in [6.07, 6.45) is 12.7. The number of rotatable bonds is 8. The maximum Gasteiger partial charge on any atom is 0.335 e. The van der Waals surface area contributed by atoms with Crippen LogP contribution in [-0.2, 0) is 12.8 Å². The monoisotopic (exact) mass is 525 g/mol. The van der Waals surface area contributed by atoms with Crippen molar-refractivity contribution >= 4 is 23.9 Å². The summed E-state index contributed by atoms with van der Waals surface area (Å²) in [6.45, 7) is 2.82. The van der Waals surface area contributed by atoms with E-state index in [0.29, 0.717) is 23.8 Å². The number of alkyl halides is 1. The quantitative estimate of drug-likeness (QED) is 0.358. The normalized spacial score (nSPS) is 19.4. The molecule has 1 saturated heterocycles. The van der Waals surface area contributed by atoms with Crippen LogP contribution in [0.3, 0.4) is 0 Å². The molecule has 0 unspecified atom stereocenters. The first-order valence-electron chi connectivity index (χ1n) is 14.1. The highest BCUT2D eigenvalue weighted by atomic mass is 35.5. The van der Waals surface area contributed by atoms with Crippen LogP contribution in [0.1, 0.15) is 90.4 Å². The second kappa shape index (κ2) is 13.1. The first-order valence-corrected chi connectivity index (χ1v) is 14.1. The molecule has 2 aromatic carbocycles. The van der Waals surface area contributed by atoms with Crippen LogP contribution in [-0.4, -0.2) is 42.3 Å². The van der Waals surface area contributed by atoms with Gasteiger partial charge in [-0.1, -0.05) is 61.6 Å². The first kappa shape index (κ1) is 27.9. The molecule has 2 aromatic rings. The Kier molecular flexibility index (Phi) is 9.83. The number of likely N-dealkylation sites (tertiary alicyclic amines) is 1. The van der Waals surface area contributed by atoms with E-state index in [-0.39, 0.29) is 19.1 Å². The molecule has 37 heavy (non-hydrogen) atoms. The number of halogens is 2. The molecule has 1 saturated carbocycles. The summed E-state index contributed by atoms with van der Waals surface area (Å²) in [7, 11) is 0. The van der Waals surface area contributed by atoms with Crippen LogP contribution in [0.2, 0.25) is 0 Å². The molecule has 0 spiro atoms. The number of hydrogen-bond donors (Lipinski definition) is 1. The molecular formula is C32H41ClFNO2. The molecule has 3 aliphatic rings. The zero-order valence-electron chi connectivity index (χ0n) is 21.9. The third-order valence-electron chi connectivity index (χ3n) is 8.59. The number of benzene rings is 2. The van der Waals surface area contributed by atoms with Crippen molar-refractivity contribution in [3.63, 3.8) is 0 Å². The van der Waals surface area contributed by atoms with Gasteiger partial charge in [-0.2, -0.15) is 0 Å². The fourth-order valence-electron chi connectivity index (χ4n) is 6.73. The Morgan fingerprint density at radius 3 is 2.35 bits per heavy atom. The van der Waals surface area contributed by atoms with Crippen molar-refractivity contribution in [3.05, 3.63) is 75.9 Å². The van der Waals surface area contributed by atoms with Crippen molar-refractivity contribution in [3.8, 4) is 0 Å². The van der Waals surface area contributed by atoms with Crippen LogP contribution < -0.4 is 0 Å². The average molecular weight is 526 g/mol. The number of allylic oxidation sites excluding steroid dienone is 1. The third-order valence-corrected chi connectivity index (χ3v) is 8.59. The van der Waals surface area contributed by atoms with Gasteiger partial charge in [0, 0.05) is 19.6 Å². The van der Waals surface area contributed by atoms with Gasteiger partial charge in [0.05, 0.1) is 12.2 Å². The smallest absolute Gasteiger partial charge is 0.335 e. The van der Waals surface area contributed by atoms with Crippen LogP contribution in [0, 0.1) is 11.8 Å². The predicted octanol–water partition coefficient (Wildman–Crippen LogP) is 7.75. The van der Waals surface area contributed by atoms with Crippen molar-refractivity contribution in [2.24, 2.45) is 11.8 Å². The minimum Gasteiger partial charge on any atom is -0.478 e. The Morgan fingerprint density at radius 2 is 1.68 bits per heavy atom. The van der Waals surface area contributed by atoms with Crippen LogP contribution in [0.25, 0.3) is 5.57 Å². The summed E-state index contributed by atoms with van der Waals surface area (Å²) in [5.41, 5.74) is 8.45. The average Bonchev–Trinajstić information content (AvgIpc) is 3.24. The maximum atomic E-state index is 12.4. The number of carboxylic acids is 1. The minimum absolute atomic E-state index is 0. The van der Waals surface area contributed by atoms with E-state index in [1.807, 2.05) is 6.07 Å². The summed E-state index contributed by atoms with van der Waals surface area (Å²) >= 11 is 0. The molecule has 2 fully saturated rings. The zero-order chi connectivity index (χ0) is 24.9. The first-order chi connectivity index (χ1) is 17.6. The molecule has 0 aromatic heterocycles. The Morgan fingerprint density at radius 1 is 0.946 bits per heavy atom. The summed E-state index contributed by atoms with van der Waals surface area (Å²) < 4.78 is 12.4. The number of carboxylic acid groups (broad SMARTS) is 1. The Labute approximate surface area is 227 Å². The highest BCUT2D eigenvalue weighted by Gasteiger charge is 2.27. The lowest BCUT2D eigenvalue weighted by atomic mass is 9.81. The van der Waals surface area contributed by atoms with Gasteiger partial charge in [-0.05, 0) is 96.7 Å². The van der Waals surface area contributed by atoms with Gasteiger partial charge in [-0.15, -0.1) is 12.4 Å². The Hall–Kier alpha value is -2.17. The summed E-state index contributed by atoms with van der Waals surface area (Å²) in [5, 5.41) is 9.58. The predicted molar refractivity (Wildman–Crippen MR) is 151 cm³/mol. The van der Waals surface area contributed by atoms with Crippen LogP contribution in [0.4, 0.5) is 4.39 Å². The van der Waals surface area contributed by atoms with Gasteiger partial charge in [0.2, 0.25) is 0 Å². The van der Waals surface area contributed by atoms with Gasteiger partial charge in [0.1, 0.15) is 0 Å². The summed E-state index contributed by atoms with van der Waals surface area (Å²) in [5.74, 6) is 0.460. The van der Waals surface area contributed by atoms with E-state index >= 15 is 0 Å². The number of aryl methyl sites for hydroxylation is 1. The van der Waals surface area contributed by atoms with E-state index in [2.05, 4.69) is 35.2 Å². The third kappa shape index (κ3) is 6.64. The fraction of sp³-hybridized carbons (Fsp3) is 0.531. The molecule has 0 bridgehead atoms. The van der Waals surface area contributed by atoms with E-state index in [0.717, 1.165) is 45.3 Å². The topological polar surface area (TPSA) is 40.5 Å². The van der Waals surface area contributed by atoms with E-state index in [9.17, 15) is 14.3 Å². The molecule has 2 aliphatic carbocycles.